The average molecular weight is 268 g/mol. The molecule has 0 aromatic carbocycles. The number of hydrogen-bond donors (Lipinski definition) is 1. The monoisotopic (exact) mass is 268 g/mol. The van der Waals surface area contributed by atoms with Crippen molar-refractivity contribution in [2.45, 2.75) is 51.9 Å². The van der Waals surface area contributed by atoms with Crippen LogP contribution in [0.15, 0.2) is 0 Å². The molecule has 4 saturated carbocycles. The molecule has 108 valence electrons. The van der Waals surface area contributed by atoms with E-state index in [1.54, 1.807) is 0 Å². The highest BCUT2D eigenvalue weighted by molar-refractivity contribution is 5.12. The van der Waals surface area contributed by atoms with Gasteiger partial charge in [0.25, 0.3) is 5.09 Å². The topological polar surface area (TPSA) is 78.4 Å². The third-order valence-corrected chi connectivity index (χ3v) is 6.07. The Bertz CT molecular complexity index is 378. The maximum Gasteiger partial charge on any atom is 0.294 e. The lowest BCUT2D eigenvalue weighted by molar-refractivity contribution is -0.761. The molecule has 4 unspecified atom stereocenters. The summed E-state index contributed by atoms with van der Waals surface area (Å²) in [4.78, 5) is 15.3. The molecule has 4 aliphatic rings. The third kappa shape index (κ3) is 2.02. The van der Waals surface area contributed by atoms with Crippen LogP contribution in [0.25, 0.3) is 0 Å². The van der Waals surface area contributed by atoms with Crippen molar-refractivity contribution in [3.8, 4) is 0 Å². The van der Waals surface area contributed by atoms with E-state index in [1.807, 2.05) is 0 Å². The van der Waals surface area contributed by atoms with Crippen molar-refractivity contribution in [3.05, 3.63) is 10.1 Å². The maximum absolute atomic E-state index is 10.5. The summed E-state index contributed by atoms with van der Waals surface area (Å²) in [7, 11) is 0. The van der Waals surface area contributed by atoms with Crippen molar-refractivity contribution < 1.29 is 9.92 Å². The number of rotatable bonds is 5. The van der Waals surface area contributed by atoms with Crippen LogP contribution in [0.2, 0.25) is 0 Å². The molecule has 0 aromatic heterocycles. The molecule has 0 heterocycles. The highest BCUT2D eigenvalue weighted by Gasteiger charge is 2.62. The highest BCUT2D eigenvalue weighted by atomic mass is 16.9. The molecule has 2 N–H and O–H groups in total. The second-order valence-electron chi connectivity index (χ2n) is 7.56. The fraction of sp³-hybridized carbons (Fsp3) is 1.00. The molecule has 0 spiro atoms. The van der Waals surface area contributed by atoms with Crippen molar-refractivity contribution in [3.63, 3.8) is 0 Å². The van der Waals surface area contributed by atoms with Crippen LogP contribution in [0.1, 0.15) is 51.9 Å². The van der Waals surface area contributed by atoms with E-state index in [-0.39, 0.29) is 17.4 Å². The van der Waals surface area contributed by atoms with Crippen LogP contribution >= 0.6 is 0 Å². The van der Waals surface area contributed by atoms with Crippen LogP contribution in [0.5, 0.6) is 0 Å². The normalized spacial score (nSPS) is 47.4. The molecule has 0 radical (unpaired) electrons. The summed E-state index contributed by atoms with van der Waals surface area (Å²) < 4.78 is 0. The number of nitrogens with two attached hydrogens (primary N) is 1. The Labute approximate surface area is 114 Å². The molecule has 0 saturated heterocycles. The lowest BCUT2D eigenvalue weighted by atomic mass is 9.39. The van der Waals surface area contributed by atoms with Crippen molar-refractivity contribution >= 4 is 0 Å². The minimum Gasteiger partial charge on any atom is -0.330 e. The van der Waals surface area contributed by atoms with Gasteiger partial charge in [0.05, 0.1) is 0 Å². The molecule has 4 bridgehead atoms. The van der Waals surface area contributed by atoms with E-state index in [4.69, 9.17) is 10.6 Å². The molecular formula is C14H24N2O3. The van der Waals surface area contributed by atoms with Gasteiger partial charge in [0.15, 0.2) is 0 Å². The Morgan fingerprint density at radius 3 is 2.42 bits per heavy atom. The first-order valence-corrected chi connectivity index (χ1v) is 7.42. The van der Waals surface area contributed by atoms with Crippen LogP contribution in [0.3, 0.4) is 0 Å². The van der Waals surface area contributed by atoms with Gasteiger partial charge in [0.2, 0.25) is 0 Å². The summed E-state index contributed by atoms with van der Waals surface area (Å²) in [5.74, 6) is 0.704. The van der Waals surface area contributed by atoms with E-state index in [2.05, 4.69) is 6.92 Å². The zero-order chi connectivity index (χ0) is 13.7. The predicted octanol–water partition coefficient (Wildman–Crippen LogP) is 2.52. The molecule has 4 fully saturated rings. The molecule has 5 heteroatoms. The first-order chi connectivity index (χ1) is 8.94. The van der Waals surface area contributed by atoms with Gasteiger partial charge < -0.3 is 10.6 Å². The van der Waals surface area contributed by atoms with Gasteiger partial charge in [-0.25, -0.2) is 0 Å². The van der Waals surface area contributed by atoms with Gasteiger partial charge in [0.1, 0.15) is 6.61 Å². The van der Waals surface area contributed by atoms with E-state index in [0.29, 0.717) is 11.3 Å². The van der Waals surface area contributed by atoms with Crippen LogP contribution in [0.4, 0.5) is 0 Å². The van der Waals surface area contributed by atoms with Gasteiger partial charge >= 0.3 is 0 Å². The molecule has 4 aliphatic carbocycles. The Balaban J connectivity index is 1.88. The Morgan fingerprint density at radius 1 is 1.21 bits per heavy atom. The standard InChI is InChI=1S/C14H24N2O3/c1-2-12-3-11-4-13(6-12,9-15)8-14(5-11,7-12)10-19-16(17)18/h11H,2-10,15H2,1H3. The van der Waals surface area contributed by atoms with E-state index >= 15 is 0 Å². The van der Waals surface area contributed by atoms with Crippen LogP contribution in [0, 0.1) is 32.3 Å². The van der Waals surface area contributed by atoms with E-state index < -0.39 is 5.09 Å². The van der Waals surface area contributed by atoms with Crippen molar-refractivity contribution in [1.82, 2.24) is 0 Å². The van der Waals surface area contributed by atoms with Crippen molar-refractivity contribution in [1.29, 1.82) is 0 Å². The van der Waals surface area contributed by atoms with Gasteiger partial charge in [0, 0.05) is 0 Å². The van der Waals surface area contributed by atoms with E-state index in [1.165, 1.54) is 25.7 Å². The number of hydrogen-bond acceptors (Lipinski definition) is 4. The molecule has 0 amide bonds. The minimum absolute atomic E-state index is 0.0157. The van der Waals surface area contributed by atoms with E-state index in [9.17, 15) is 10.1 Å². The molecule has 5 nitrogen and oxygen atoms in total. The summed E-state index contributed by atoms with van der Waals surface area (Å²) in [6.07, 6.45) is 8.15. The Morgan fingerprint density at radius 2 is 1.79 bits per heavy atom. The second kappa shape index (κ2) is 4.08. The SMILES string of the molecule is CCC12CC3CC(CN)(C1)CC(CO[N+](=O)[O-])(C3)C2. The zero-order valence-corrected chi connectivity index (χ0v) is 11.7. The zero-order valence-electron chi connectivity index (χ0n) is 11.7. The van der Waals surface area contributed by atoms with Crippen molar-refractivity contribution in [2.75, 3.05) is 13.2 Å². The predicted molar refractivity (Wildman–Crippen MR) is 70.8 cm³/mol. The fourth-order valence-electron chi connectivity index (χ4n) is 6.03. The molecule has 0 aliphatic heterocycles. The lowest BCUT2D eigenvalue weighted by Crippen LogP contribution is -2.60. The fourth-order valence-corrected chi connectivity index (χ4v) is 6.03. The number of nitrogens with zero attached hydrogens (tertiary/aromatic N) is 1. The first-order valence-electron chi connectivity index (χ1n) is 7.42. The largest absolute Gasteiger partial charge is 0.330 e. The highest BCUT2D eigenvalue weighted by Crippen LogP contribution is 2.70. The summed E-state index contributed by atoms with van der Waals surface area (Å²) in [5.41, 5.74) is 6.70. The smallest absolute Gasteiger partial charge is 0.294 e. The Hall–Kier alpha value is -0.840. The van der Waals surface area contributed by atoms with Gasteiger partial charge in [-0.2, -0.15) is 0 Å². The molecule has 0 aromatic rings. The molecule has 4 atom stereocenters. The van der Waals surface area contributed by atoms with Crippen molar-refractivity contribution in [2.24, 2.45) is 27.9 Å². The quantitative estimate of drug-likeness (QED) is 0.614. The van der Waals surface area contributed by atoms with E-state index in [0.717, 1.165) is 25.8 Å². The second-order valence-corrected chi connectivity index (χ2v) is 7.56. The molecule has 19 heavy (non-hydrogen) atoms. The van der Waals surface area contributed by atoms with Gasteiger partial charge in [-0.15, -0.1) is 10.1 Å². The van der Waals surface area contributed by atoms with Gasteiger partial charge in [-0.05, 0) is 67.2 Å². The molecular weight excluding hydrogens is 244 g/mol. The Kier molecular flexibility index (Phi) is 2.82. The summed E-state index contributed by atoms with van der Waals surface area (Å²) in [5, 5.41) is 9.92. The van der Waals surface area contributed by atoms with Gasteiger partial charge in [-0.3, -0.25) is 0 Å². The summed E-state index contributed by atoms with van der Waals surface area (Å²) in [6.45, 7) is 3.27. The van der Waals surface area contributed by atoms with Crippen LogP contribution in [-0.2, 0) is 4.84 Å². The maximum atomic E-state index is 10.5. The average Bonchev–Trinajstić information content (AvgIpc) is 2.35. The van der Waals surface area contributed by atoms with Crippen LogP contribution < -0.4 is 5.73 Å². The van der Waals surface area contributed by atoms with Gasteiger partial charge in [-0.1, -0.05) is 13.3 Å². The molecule has 4 rings (SSSR count). The minimum atomic E-state index is -0.633. The summed E-state index contributed by atoms with van der Waals surface area (Å²) >= 11 is 0. The first kappa shape index (κ1) is 13.2. The summed E-state index contributed by atoms with van der Waals surface area (Å²) in [6, 6.07) is 0. The lowest BCUT2D eigenvalue weighted by Gasteiger charge is -2.66. The third-order valence-electron chi connectivity index (χ3n) is 6.07. The van der Waals surface area contributed by atoms with Crippen LogP contribution in [-0.4, -0.2) is 18.2 Å².